The average molecular weight is 978 g/mol. The number of ether oxygens (including phenoxy) is 3. The number of hydrogen-bond acceptors (Lipinski definition) is 6. The van der Waals surface area contributed by atoms with Crippen molar-refractivity contribution in [2.45, 2.75) is 303 Å². The van der Waals surface area contributed by atoms with Gasteiger partial charge in [-0.2, -0.15) is 0 Å². The summed E-state index contributed by atoms with van der Waals surface area (Å²) in [7, 11) is 0. The Morgan fingerprint density at radius 3 is 0.914 bits per heavy atom. The van der Waals surface area contributed by atoms with Crippen molar-refractivity contribution >= 4 is 17.9 Å². The van der Waals surface area contributed by atoms with Gasteiger partial charge in [0.2, 0.25) is 0 Å². The number of carbonyl (C=O) groups excluding carboxylic acids is 3. The smallest absolute Gasteiger partial charge is 0.306 e. The zero-order chi connectivity index (χ0) is 50.7. The molecule has 0 bridgehead atoms. The van der Waals surface area contributed by atoms with Gasteiger partial charge in [0.25, 0.3) is 0 Å². The molecule has 1 atom stereocenters. The van der Waals surface area contributed by atoms with Gasteiger partial charge in [-0.15, -0.1) is 0 Å². The molecule has 0 aliphatic heterocycles. The maximum atomic E-state index is 12.9. The molecule has 0 amide bonds. The molecule has 0 N–H and O–H groups in total. The molecule has 0 aliphatic carbocycles. The summed E-state index contributed by atoms with van der Waals surface area (Å²) in [6.07, 6.45) is 74.7. The fourth-order valence-corrected chi connectivity index (χ4v) is 8.42. The van der Waals surface area contributed by atoms with Crippen molar-refractivity contribution in [1.82, 2.24) is 0 Å². The first kappa shape index (κ1) is 66.9. The number of allylic oxidation sites excluding steroid dienone is 12. The highest BCUT2D eigenvalue weighted by atomic mass is 16.6. The Bertz CT molecular complexity index is 1310. The predicted molar refractivity (Wildman–Crippen MR) is 302 cm³/mol. The van der Waals surface area contributed by atoms with Crippen LogP contribution in [0.25, 0.3) is 0 Å². The van der Waals surface area contributed by atoms with Crippen molar-refractivity contribution in [3.63, 3.8) is 0 Å². The van der Waals surface area contributed by atoms with Crippen LogP contribution in [0.3, 0.4) is 0 Å². The van der Waals surface area contributed by atoms with Crippen LogP contribution in [-0.2, 0) is 28.6 Å². The third-order valence-corrected chi connectivity index (χ3v) is 12.9. The largest absolute Gasteiger partial charge is 0.462 e. The van der Waals surface area contributed by atoms with E-state index in [1.54, 1.807) is 0 Å². The van der Waals surface area contributed by atoms with Crippen molar-refractivity contribution < 1.29 is 28.6 Å². The molecule has 6 nitrogen and oxygen atoms in total. The lowest BCUT2D eigenvalue weighted by Crippen LogP contribution is -2.30. The van der Waals surface area contributed by atoms with E-state index in [-0.39, 0.29) is 31.1 Å². The Hall–Kier alpha value is -3.15. The Labute approximate surface area is 433 Å². The van der Waals surface area contributed by atoms with Crippen molar-refractivity contribution in [3.8, 4) is 0 Å². The third-order valence-electron chi connectivity index (χ3n) is 12.9. The fraction of sp³-hybridized carbons (Fsp3) is 0.766. The summed E-state index contributed by atoms with van der Waals surface area (Å²) in [5, 5.41) is 0. The van der Waals surface area contributed by atoms with E-state index < -0.39 is 6.10 Å². The van der Waals surface area contributed by atoms with Crippen LogP contribution in [0.15, 0.2) is 72.9 Å². The molecule has 0 rings (SSSR count). The third kappa shape index (κ3) is 55.8. The van der Waals surface area contributed by atoms with Crippen molar-refractivity contribution in [2.24, 2.45) is 0 Å². The highest BCUT2D eigenvalue weighted by molar-refractivity contribution is 5.71. The van der Waals surface area contributed by atoms with E-state index in [1.807, 2.05) is 0 Å². The first-order chi connectivity index (χ1) is 34.5. The molecule has 70 heavy (non-hydrogen) atoms. The Balaban J connectivity index is 4.37. The van der Waals surface area contributed by atoms with E-state index in [0.29, 0.717) is 19.3 Å². The molecular weight excluding hydrogens is 865 g/mol. The van der Waals surface area contributed by atoms with Gasteiger partial charge in [-0.3, -0.25) is 14.4 Å². The van der Waals surface area contributed by atoms with Crippen LogP contribution >= 0.6 is 0 Å². The molecule has 0 fully saturated rings. The standard InChI is InChI=1S/C64H112O6/c1-4-7-10-13-16-19-22-25-27-29-31-32-33-35-36-39-42-45-48-51-54-57-63(66)69-60-61(59-68-62(65)56-53-50-47-44-41-38-24-21-18-15-12-9-6-3)70-64(67)58-55-52-49-46-43-40-37-34-30-28-26-23-20-17-14-11-8-5-2/h9,12,18,20-21,23,28-31,38,41,61H,4-8,10-11,13-17,19,22,24-27,32-37,39-40,42-60H2,1-3H3/b12-9-,21-18-,23-20-,30-28-,31-29-,41-38-. The first-order valence-electron chi connectivity index (χ1n) is 29.9. The van der Waals surface area contributed by atoms with Gasteiger partial charge in [0, 0.05) is 19.3 Å². The number of carbonyl (C=O) groups is 3. The topological polar surface area (TPSA) is 78.9 Å². The minimum absolute atomic E-state index is 0.0884. The molecule has 0 saturated heterocycles. The summed E-state index contributed by atoms with van der Waals surface area (Å²) in [6.45, 7) is 6.50. The van der Waals surface area contributed by atoms with Gasteiger partial charge in [-0.25, -0.2) is 0 Å². The number of hydrogen-bond donors (Lipinski definition) is 0. The second-order valence-corrected chi connectivity index (χ2v) is 19.9. The van der Waals surface area contributed by atoms with Crippen LogP contribution in [0.2, 0.25) is 0 Å². The monoisotopic (exact) mass is 977 g/mol. The van der Waals surface area contributed by atoms with Crippen LogP contribution in [0.1, 0.15) is 297 Å². The summed E-state index contributed by atoms with van der Waals surface area (Å²) in [6, 6.07) is 0. The fourth-order valence-electron chi connectivity index (χ4n) is 8.42. The lowest BCUT2D eigenvalue weighted by atomic mass is 10.1. The van der Waals surface area contributed by atoms with Crippen LogP contribution < -0.4 is 0 Å². The van der Waals surface area contributed by atoms with Crippen LogP contribution in [0.5, 0.6) is 0 Å². The van der Waals surface area contributed by atoms with Crippen LogP contribution in [0, 0.1) is 0 Å². The minimum atomic E-state index is -0.793. The second-order valence-electron chi connectivity index (χ2n) is 19.9. The normalized spacial score (nSPS) is 12.6. The summed E-state index contributed by atoms with van der Waals surface area (Å²) in [4.78, 5) is 38.2. The zero-order valence-electron chi connectivity index (χ0n) is 46.3. The number of esters is 3. The van der Waals surface area contributed by atoms with E-state index in [1.165, 1.54) is 161 Å². The minimum Gasteiger partial charge on any atom is -0.462 e. The van der Waals surface area contributed by atoms with Gasteiger partial charge in [0.1, 0.15) is 13.2 Å². The first-order valence-corrected chi connectivity index (χ1v) is 29.9. The van der Waals surface area contributed by atoms with Gasteiger partial charge in [0.15, 0.2) is 6.10 Å². The Kier molecular flexibility index (Phi) is 55.8. The molecular formula is C64H112O6. The second kappa shape index (κ2) is 58.4. The van der Waals surface area contributed by atoms with E-state index in [0.717, 1.165) is 96.3 Å². The summed E-state index contributed by atoms with van der Waals surface area (Å²) >= 11 is 0. The molecule has 0 radical (unpaired) electrons. The molecule has 0 heterocycles. The van der Waals surface area contributed by atoms with E-state index in [4.69, 9.17) is 14.2 Å². The molecule has 0 aliphatic rings. The maximum absolute atomic E-state index is 12.9. The lowest BCUT2D eigenvalue weighted by molar-refractivity contribution is -0.167. The summed E-state index contributed by atoms with van der Waals surface area (Å²) in [5.74, 6) is -0.919. The van der Waals surface area contributed by atoms with Crippen molar-refractivity contribution in [2.75, 3.05) is 13.2 Å². The highest BCUT2D eigenvalue weighted by Gasteiger charge is 2.19. The van der Waals surface area contributed by atoms with Gasteiger partial charge < -0.3 is 14.2 Å². The molecule has 404 valence electrons. The van der Waals surface area contributed by atoms with Gasteiger partial charge in [-0.1, -0.05) is 241 Å². The molecule has 1 unspecified atom stereocenters. The molecule has 0 saturated carbocycles. The van der Waals surface area contributed by atoms with E-state index in [9.17, 15) is 14.4 Å². The molecule has 6 heteroatoms. The Morgan fingerprint density at radius 1 is 0.300 bits per heavy atom. The average Bonchev–Trinajstić information content (AvgIpc) is 3.36. The zero-order valence-corrected chi connectivity index (χ0v) is 46.3. The summed E-state index contributed by atoms with van der Waals surface area (Å²) < 4.78 is 16.9. The van der Waals surface area contributed by atoms with E-state index in [2.05, 4.69) is 93.7 Å². The molecule has 0 spiro atoms. The highest BCUT2D eigenvalue weighted by Crippen LogP contribution is 2.15. The quantitative estimate of drug-likeness (QED) is 0.0261. The van der Waals surface area contributed by atoms with Crippen molar-refractivity contribution in [1.29, 1.82) is 0 Å². The maximum Gasteiger partial charge on any atom is 0.306 e. The van der Waals surface area contributed by atoms with Crippen molar-refractivity contribution in [3.05, 3.63) is 72.9 Å². The molecule has 0 aromatic heterocycles. The van der Waals surface area contributed by atoms with E-state index >= 15 is 0 Å². The Morgan fingerprint density at radius 2 is 0.557 bits per heavy atom. The molecule has 0 aromatic rings. The van der Waals surface area contributed by atoms with Crippen LogP contribution in [-0.4, -0.2) is 37.2 Å². The lowest BCUT2D eigenvalue weighted by Gasteiger charge is -2.18. The number of unbranched alkanes of at least 4 members (excludes halogenated alkanes) is 31. The van der Waals surface area contributed by atoms with Gasteiger partial charge >= 0.3 is 17.9 Å². The molecule has 0 aromatic carbocycles. The number of rotatable bonds is 54. The SMILES string of the molecule is CC/C=C\C/C=C\C/C=C\CCCCCC(=O)OCC(COC(=O)CCCCCCCCCCC/C=C\CCCCCCCCCC)OC(=O)CCCCCCCCC/C=C\C/C=C\CCCCCC. The van der Waals surface area contributed by atoms with Crippen LogP contribution in [0.4, 0.5) is 0 Å². The predicted octanol–water partition coefficient (Wildman–Crippen LogP) is 20.2. The van der Waals surface area contributed by atoms with Gasteiger partial charge in [0.05, 0.1) is 0 Å². The van der Waals surface area contributed by atoms with Gasteiger partial charge in [-0.05, 0) is 109 Å². The summed E-state index contributed by atoms with van der Waals surface area (Å²) in [5.41, 5.74) is 0.